The molecule has 0 aliphatic carbocycles. The topological polar surface area (TPSA) is 87.3 Å². The van der Waals surface area contributed by atoms with Gasteiger partial charge in [0.25, 0.3) is 0 Å². The number of carbonyl (C=O) groups is 1. The summed E-state index contributed by atoms with van der Waals surface area (Å²) < 4.78 is 10.9. The number of nitrogens with zero attached hydrogens (tertiary/aromatic N) is 2. The summed E-state index contributed by atoms with van der Waals surface area (Å²) in [4.78, 5) is 20.1. The van der Waals surface area contributed by atoms with Crippen LogP contribution in [-0.4, -0.2) is 15.9 Å². The van der Waals surface area contributed by atoms with E-state index in [-0.39, 0.29) is 33.2 Å². The van der Waals surface area contributed by atoms with Crippen LogP contribution in [0, 0.1) is 0 Å². The number of nitrogen functional groups attached to an aromatic ring is 1. The van der Waals surface area contributed by atoms with E-state index in [4.69, 9.17) is 50.0 Å². The lowest BCUT2D eigenvalue weighted by atomic mass is 10.2. The molecule has 0 radical (unpaired) electrons. The van der Waals surface area contributed by atoms with Gasteiger partial charge in [0.1, 0.15) is 24.0 Å². The lowest BCUT2D eigenvalue weighted by molar-refractivity contribution is 0.0466. The number of pyridine rings is 2. The summed E-state index contributed by atoms with van der Waals surface area (Å²) >= 11 is 17.7. The van der Waals surface area contributed by atoms with Gasteiger partial charge in [-0.3, -0.25) is 4.98 Å². The zero-order valence-corrected chi connectivity index (χ0v) is 16.6. The lowest BCUT2D eigenvalue weighted by Crippen LogP contribution is -2.10. The molecule has 0 aliphatic heterocycles. The number of aromatic nitrogens is 2. The number of rotatable bonds is 6. The van der Waals surface area contributed by atoms with Gasteiger partial charge < -0.3 is 15.2 Å². The van der Waals surface area contributed by atoms with Crippen LogP contribution in [0.3, 0.4) is 0 Å². The van der Waals surface area contributed by atoms with Crippen molar-refractivity contribution in [3.63, 3.8) is 0 Å². The Bertz CT molecular complexity index is 983. The number of carbonyl (C=O) groups excluding carboxylic acids is 1. The minimum Gasteiger partial charge on any atom is -0.489 e. The molecule has 0 saturated heterocycles. The molecule has 3 rings (SSSR count). The quantitative estimate of drug-likeness (QED) is 0.432. The third kappa shape index (κ3) is 4.84. The van der Waals surface area contributed by atoms with E-state index in [1.807, 2.05) is 12.1 Å². The molecule has 0 atom stereocenters. The molecule has 3 aromatic rings. The molecule has 9 heteroatoms. The standard InChI is InChI=1S/C19H14Cl3N3O3/c20-14-16(23)15(21)18(22)25-17(14)19(26)28-9-11-3-5-13(6-4-11)27-10-12-2-1-7-24-8-12/h1-8H,9-10H2,(H2,23,25). The van der Waals surface area contributed by atoms with Crippen LogP contribution in [0.15, 0.2) is 48.8 Å². The van der Waals surface area contributed by atoms with E-state index in [1.54, 1.807) is 36.7 Å². The molecule has 0 saturated carbocycles. The maximum absolute atomic E-state index is 12.2. The Hall–Kier alpha value is -2.54. The van der Waals surface area contributed by atoms with Crippen molar-refractivity contribution in [3.05, 3.63) is 80.8 Å². The molecule has 0 aliphatic rings. The van der Waals surface area contributed by atoms with E-state index < -0.39 is 5.97 Å². The van der Waals surface area contributed by atoms with E-state index in [0.29, 0.717) is 12.4 Å². The van der Waals surface area contributed by atoms with Gasteiger partial charge in [-0.1, -0.05) is 53.0 Å². The van der Waals surface area contributed by atoms with Crippen LogP contribution in [0.1, 0.15) is 21.6 Å². The first-order valence-corrected chi connectivity index (χ1v) is 9.17. The van der Waals surface area contributed by atoms with Crippen LogP contribution in [0.25, 0.3) is 0 Å². The van der Waals surface area contributed by atoms with Gasteiger partial charge in [0.15, 0.2) is 10.8 Å². The molecule has 28 heavy (non-hydrogen) atoms. The fourth-order valence-corrected chi connectivity index (χ4v) is 2.80. The van der Waals surface area contributed by atoms with E-state index in [1.165, 1.54) is 0 Å². The highest BCUT2D eigenvalue weighted by Gasteiger charge is 2.21. The molecule has 144 valence electrons. The molecule has 2 N–H and O–H groups in total. The van der Waals surface area contributed by atoms with Gasteiger partial charge in [0.05, 0.1) is 10.7 Å². The van der Waals surface area contributed by atoms with E-state index in [9.17, 15) is 4.79 Å². The summed E-state index contributed by atoms with van der Waals surface area (Å²) in [6, 6.07) is 10.9. The average molecular weight is 439 g/mol. The fourth-order valence-electron chi connectivity index (χ4n) is 2.22. The molecular formula is C19H14Cl3N3O3. The maximum atomic E-state index is 12.2. The Balaban J connectivity index is 1.58. The second-order valence-corrected chi connectivity index (χ2v) is 6.78. The molecule has 2 heterocycles. The third-order valence-electron chi connectivity index (χ3n) is 3.69. The monoisotopic (exact) mass is 437 g/mol. The van der Waals surface area contributed by atoms with Crippen LogP contribution >= 0.6 is 34.8 Å². The van der Waals surface area contributed by atoms with E-state index in [0.717, 1.165) is 11.1 Å². The van der Waals surface area contributed by atoms with Crippen molar-refractivity contribution in [1.29, 1.82) is 0 Å². The first kappa shape index (κ1) is 20.2. The van der Waals surface area contributed by atoms with Gasteiger partial charge >= 0.3 is 5.97 Å². The molecule has 6 nitrogen and oxygen atoms in total. The zero-order valence-electron chi connectivity index (χ0n) is 14.4. The minimum atomic E-state index is -0.757. The minimum absolute atomic E-state index is 0.00918. The van der Waals surface area contributed by atoms with E-state index in [2.05, 4.69) is 9.97 Å². The number of ether oxygens (including phenoxy) is 2. The number of nitrogens with two attached hydrogens (primary N) is 1. The van der Waals surface area contributed by atoms with Crippen molar-refractivity contribution in [2.24, 2.45) is 0 Å². The highest BCUT2D eigenvalue weighted by Crippen LogP contribution is 2.34. The smallest absolute Gasteiger partial charge is 0.358 e. The molecule has 0 bridgehead atoms. The predicted molar refractivity (Wildman–Crippen MR) is 108 cm³/mol. The molecule has 0 fully saturated rings. The van der Waals surface area contributed by atoms with Gasteiger partial charge in [0, 0.05) is 18.0 Å². The van der Waals surface area contributed by atoms with Crippen LogP contribution in [0.2, 0.25) is 15.2 Å². The van der Waals surface area contributed by atoms with Crippen molar-refractivity contribution in [2.75, 3.05) is 5.73 Å². The van der Waals surface area contributed by atoms with Crippen molar-refractivity contribution < 1.29 is 14.3 Å². The van der Waals surface area contributed by atoms with Gasteiger partial charge in [-0.2, -0.15) is 0 Å². The molecule has 2 aromatic heterocycles. The summed E-state index contributed by atoms with van der Waals surface area (Å²) in [6.07, 6.45) is 3.44. The Morgan fingerprint density at radius 3 is 2.43 bits per heavy atom. The summed E-state index contributed by atoms with van der Waals surface area (Å²) in [7, 11) is 0. The van der Waals surface area contributed by atoms with Crippen molar-refractivity contribution in [1.82, 2.24) is 9.97 Å². The number of esters is 1. The predicted octanol–water partition coefficient (Wildman–Crippen LogP) is 4.96. The normalized spacial score (nSPS) is 10.5. The van der Waals surface area contributed by atoms with Crippen LogP contribution < -0.4 is 10.5 Å². The number of halogens is 3. The second kappa shape index (κ2) is 9.10. The fraction of sp³-hybridized carbons (Fsp3) is 0.105. The SMILES string of the molecule is Nc1c(Cl)c(Cl)nc(C(=O)OCc2ccc(OCc3cccnc3)cc2)c1Cl. The number of benzene rings is 1. The molecular weight excluding hydrogens is 425 g/mol. The molecule has 1 aromatic carbocycles. The van der Waals surface area contributed by atoms with Gasteiger partial charge in [-0.25, -0.2) is 9.78 Å². The maximum Gasteiger partial charge on any atom is 0.358 e. The number of hydrogen-bond donors (Lipinski definition) is 1. The van der Waals surface area contributed by atoms with Crippen molar-refractivity contribution >= 4 is 46.5 Å². The first-order chi connectivity index (χ1) is 13.5. The number of hydrogen-bond acceptors (Lipinski definition) is 6. The van der Waals surface area contributed by atoms with Gasteiger partial charge in [-0.15, -0.1) is 0 Å². The highest BCUT2D eigenvalue weighted by atomic mass is 35.5. The zero-order chi connectivity index (χ0) is 20.1. The summed E-state index contributed by atoms with van der Waals surface area (Å²) in [6.45, 7) is 0.422. The Morgan fingerprint density at radius 2 is 1.75 bits per heavy atom. The largest absolute Gasteiger partial charge is 0.489 e. The average Bonchev–Trinajstić information content (AvgIpc) is 2.73. The van der Waals surface area contributed by atoms with E-state index >= 15 is 0 Å². The molecule has 0 amide bonds. The number of anilines is 1. The summed E-state index contributed by atoms with van der Waals surface area (Å²) in [5.41, 5.74) is 7.21. The highest BCUT2D eigenvalue weighted by molar-refractivity contribution is 6.46. The third-order valence-corrected chi connectivity index (χ3v) is 4.82. The van der Waals surface area contributed by atoms with Crippen LogP contribution in [-0.2, 0) is 18.0 Å². The summed E-state index contributed by atoms with van der Waals surface area (Å²) in [5, 5.41) is -0.228. The Kier molecular flexibility index (Phi) is 6.57. The molecule has 0 unspecified atom stereocenters. The first-order valence-electron chi connectivity index (χ1n) is 8.03. The van der Waals surface area contributed by atoms with Crippen LogP contribution in [0.5, 0.6) is 5.75 Å². The van der Waals surface area contributed by atoms with Gasteiger partial charge in [0.2, 0.25) is 0 Å². The Morgan fingerprint density at radius 1 is 1.00 bits per heavy atom. The lowest BCUT2D eigenvalue weighted by Gasteiger charge is -2.10. The second-order valence-electron chi connectivity index (χ2n) is 5.66. The van der Waals surface area contributed by atoms with Crippen molar-refractivity contribution in [2.45, 2.75) is 13.2 Å². The van der Waals surface area contributed by atoms with Crippen molar-refractivity contribution in [3.8, 4) is 5.75 Å². The van der Waals surface area contributed by atoms with Gasteiger partial charge in [-0.05, 0) is 23.8 Å². The Labute approximate surface area is 176 Å². The summed E-state index contributed by atoms with van der Waals surface area (Å²) in [5.74, 6) is -0.0759. The molecule has 0 spiro atoms. The van der Waals surface area contributed by atoms with Crippen LogP contribution in [0.4, 0.5) is 5.69 Å².